The molecule has 194 valence electrons. The van der Waals surface area contributed by atoms with E-state index in [9.17, 15) is 4.79 Å². The zero-order chi connectivity index (χ0) is 25.6. The first-order valence-corrected chi connectivity index (χ1v) is 14.0. The Labute approximate surface area is 222 Å². The van der Waals surface area contributed by atoms with Crippen molar-refractivity contribution in [2.75, 3.05) is 25.0 Å². The maximum Gasteiger partial charge on any atom is 0.226 e. The number of hydrogen-bond donors (Lipinski definition) is 1. The van der Waals surface area contributed by atoms with Crippen LogP contribution in [-0.2, 0) is 17.6 Å². The summed E-state index contributed by atoms with van der Waals surface area (Å²) in [4.78, 5) is 14.7. The number of likely N-dealkylation sites (tertiary alicyclic amines) is 1. The third kappa shape index (κ3) is 6.61. The number of nitrogens with zero attached hydrogens (tertiary/aromatic N) is 1. The average molecular weight is 497 g/mol. The molecule has 3 aromatic carbocycles. The number of rotatable bonds is 9. The lowest BCUT2D eigenvalue weighted by molar-refractivity contribution is -0.118. The Morgan fingerprint density at radius 3 is 2.51 bits per heavy atom. The molecule has 1 amide bonds. The predicted octanol–water partition coefficient (Wildman–Crippen LogP) is 7.16. The second-order valence-electron chi connectivity index (χ2n) is 11.0. The van der Waals surface area contributed by atoms with Crippen LogP contribution in [0.15, 0.2) is 72.8 Å². The maximum absolute atomic E-state index is 12.1. The molecule has 1 N–H and O–H groups in total. The molecule has 5 rings (SSSR count). The fourth-order valence-electron chi connectivity index (χ4n) is 5.70. The van der Waals surface area contributed by atoms with Crippen LogP contribution in [0, 0.1) is 5.92 Å². The van der Waals surface area contributed by atoms with Gasteiger partial charge in [0, 0.05) is 24.6 Å². The van der Waals surface area contributed by atoms with Crippen LogP contribution in [0.3, 0.4) is 0 Å². The molecule has 1 heterocycles. The van der Waals surface area contributed by atoms with Crippen molar-refractivity contribution in [3.8, 4) is 5.75 Å². The Morgan fingerprint density at radius 1 is 0.946 bits per heavy atom. The zero-order valence-corrected chi connectivity index (χ0v) is 22.3. The molecule has 37 heavy (non-hydrogen) atoms. The molecular weight excluding hydrogens is 456 g/mol. The van der Waals surface area contributed by atoms with Crippen molar-refractivity contribution < 1.29 is 9.53 Å². The molecule has 4 nitrogen and oxygen atoms in total. The number of carbonyl (C=O) groups is 1. The predicted molar refractivity (Wildman–Crippen MR) is 151 cm³/mol. The van der Waals surface area contributed by atoms with Crippen molar-refractivity contribution in [1.82, 2.24) is 4.90 Å². The van der Waals surface area contributed by atoms with E-state index in [1.165, 1.54) is 41.5 Å². The van der Waals surface area contributed by atoms with Crippen molar-refractivity contribution in [3.63, 3.8) is 0 Å². The summed E-state index contributed by atoms with van der Waals surface area (Å²) in [5, 5.41) is 3.05. The van der Waals surface area contributed by atoms with E-state index in [1.807, 2.05) is 38.1 Å². The van der Waals surface area contributed by atoms with E-state index in [2.05, 4.69) is 58.7 Å². The summed E-state index contributed by atoms with van der Waals surface area (Å²) in [6.45, 7) is 7.07. The quantitative estimate of drug-likeness (QED) is 0.342. The van der Waals surface area contributed by atoms with Crippen LogP contribution >= 0.6 is 0 Å². The van der Waals surface area contributed by atoms with Gasteiger partial charge in [0.2, 0.25) is 5.91 Å². The number of ether oxygens (including phenoxy) is 1. The highest BCUT2D eigenvalue weighted by Gasteiger charge is 2.23. The summed E-state index contributed by atoms with van der Waals surface area (Å²) < 4.78 is 6.54. The van der Waals surface area contributed by atoms with Gasteiger partial charge in [0.15, 0.2) is 0 Å². The van der Waals surface area contributed by atoms with Crippen LogP contribution < -0.4 is 10.1 Å². The molecule has 1 saturated heterocycles. The largest absolute Gasteiger partial charge is 0.486 e. The third-order valence-corrected chi connectivity index (χ3v) is 7.96. The molecule has 0 bridgehead atoms. The Morgan fingerprint density at radius 2 is 1.73 bits per heavy atom. The second-order valence-corrected chi connectivity index (χ2v) is 11.0. The minimum Gasteiger partial charge on any atom is -0.486 e. The number of anilines is 1. The zero-order valence-electron chi connectivity index (χ0n) is 22.3. The molecule has 2 aliphatic rings. The standard InChI is InChI=1S/C33H40N2O2/c1-24(2)33(36)34-30-11-7-10-28(23-30)26-16-19-35(20-17-26)21-18-32(37-31-12-4-3-5-13-31)29-15-14-25-8-6-9-27(25)22-29/h3-5,7,10-15,22-24,26,32H,6,8-9,16-21H2,1-2H3,(H,34,36). The molecule has 1 aliphatic carbocycles. The summed E-state index contributed by atoms with van der Waals surface area (Å²) in [7, 11) is 0. The number of hydrogen-bond acceptors (Lipinski definition) is 3. The molecule has 1 aliphatic heterocycles. The van der Waals surface area contributed by atoms with Gasteiger partial charge < -0.3 is 15.0 Å². The van der Waals surface area contributed by atoms with Crippen LogP contribution in [0.4, 0.5) is 5.69 Å². The van der Waals surface area contributed by atoms with E-state index in [0.717, 1.165) is 50.3 Å². The molecular formula is C33H40N2O2. The van der Waals surface area contributed by atoms with Gasteiger partial charge in [0.25, 0.3) is 0 Å². The van der Waals surface area contributed by atoms with Gasteiger partial charge in [-0.1, -0.05) is 62.4 Å². The Hall–Kier alpha value is -3.11. The van der Waals surface area contributed by atoms with Crippen LogP contribution in [0.1, 0.15) is 73.8 Å². The highest BCUT2D eigenvalue weighted by molar-refractivity contribution is 5.92. The molecule has 0 radical (unpaired) electrons. The topological polar surface area (TPSA) is 41.6 Å². The lowest BCUT2D eigenvalue weighted by atomic mass is 9.89. The number of aryl methyl sites for hydroxylation is 2. The first kappa shape index (κ1) is 25.5. The van der Waals surface area contributed by atoms with Crippen LogP contribution in [0.5, 0.6) is 5.75 Å². The van der Waals surface area contributed by atoms with Crippen molar-refractivity contribution in [2.24, 2.45) is 5.92 Å². The molecule has 3 aromatic rings. The molecule has 4 heteroatoms. The summed E-state index contributed by atoms with van der Waals surface area (Å²) in [5.41, 5.74) is 6.57. The lowest BCUT2D eigenvalue weighted by Crippen LogP contribution is -2.34. The number of benzene rings is 3. The second kappa shape index (κ2) is 12.0. The van der Waals surface area contributed by atoms with E-state index in [4.69, 9.17) is 4.74 Å². The summed E-state index contributed by atoms with van der Waals surface area (Å²) in [5.74, 6) is 1.54. The third-order valence-electron chi connectivity index (χ3n) is 7.96. The van der Waals surface area contributed by atoms with Gasteiger partial charge >= 0.3 is 0 Å². The monoisotopic (exact) mass is 496 g/mol. The van der Waals surface area contributed by atoms with Crippen LogP contribution in [-0.4, -0.2) is 30.4 Å². The van der Waals surface area contributed by atoms with Crippen molar-refractivity contribution in [1.29, 1.82) is 0 Å². The number of para-hydroxylation sites is 1. The fourth-order valence-corrected chi connectivity index (χ4v) is 5.70. The van der Waals surface area contributed by atoms with Gasteiger partial charge in [-0.15, -0.1) is 0 Å². The normalized spacial score (nSPS) is 16.9. The highest BCUT2D eigenvalue weighted by atomic mass is 16.5. The van der Waals surface area contributed by atoms with Gasteiger partial charge in [-0.25, -0.2) is 0 Å². The maximum atomic E-state index is 12.1. The van der Waals surface area contributed by atoms with E-state index in [-0.39, 0.29) is 17.9 Å². The van der Waals surface area contributed by atoms with E-state index in [0.29, 0.717) is 5.92 Å². The molecule has 0 spiro atoms. The molecule has 0 aromatic heterocycles. The minimum absolute atomic E-state index is 0.0154. The Kier molecular flexibility index (Phi) is 8.25. The summed E-state index contributed by atoms with van der Waals surface area (Å²) >= 11 is 0. The Bertz CT molecular complexity index is 1180. The van der Waals surface area contributed by atoms with Crippen molar-refractivity contribution in [3.05, 3.63) is 95.1 Å². The van der Waals surface area contributed by atoms with E-state index >= 15 is 0 Å². The molecule has 1 atom stereocenters. The number of fused-ring (bicyclic) bond motifs is 1. The lowest BCUT2D eigenvalue weighted by Gasteiger charge is -2.33. The van der Waals surface area contributed by atoms with E-state index in [1.54, 1.807) is 0 Å². The Balaban J connectivity index is 1.19. The number of amides is 1. The number of carbonyl (C=O) groups excluding carboxylic acids is 1. The van der Waals surface area contributed by atoms with Gasteiger partial charge in [-0.3, -0.25) is 4.79 Å². The SMILES string of the molecule is CC(C)C(=O)Nc1cccc(C2CCN(CCC(Oc3ccccc3)c3ccc4c(c3)CCC4)CC2)c1. The smallest absolute Gasteiger partial charge is 0.226 e. The fraction of sp³-hybridized carbons (Fsp3) is 0.424. The number of piperidine rings is 1. The van der Waals surface area contributed by atoms with Gasteiger partial charge in [-0.2, -0.15) is 0 Å². The van der Waals surface area contributed by atoms with Gasteiger partial charge in [-0.05, 0) is 97.6 Å². The van der Waals surface area contributed by atoms with Gasteiger partial charge in [0.05, 0.1) is 0 Å². The summed E-state index contributed by atoms with van der Waals surface area (Å²) in [6.07, 6.45) is 7.00. The minimum atomic E-state index is -0.0154. The molecule has 1 unspecified atom stereocenters. The average Bonchev–Trinajstić information content (AvgIpc) is 3.40. The highest BCUT2D eigenvalue weighted by Crippen LogP contribution is 2.32. The van der Waals surface area contributed by atoms with Crippen molar-refractivity contribution in [2.45, 2.75) is 64.4 Å². The van der Waals surface area contributed by atoms with Crippen LogP contribution in [0.25, 0.3) is 0 Å². The summed E-state index contributed by atoms with van der Waals surface area (Å²) in [6, 6.07) is 25.7. The first-order chi connectivity index (χ1) is 18.0. The molecule has 0 saturated carbocycles. The van der Waals surface area contributed by atoms with Crippen LogP contribution in [0.2, 0.25) is 0 Å². The first-order valence-electron chi connectivity index (χ1n) is 14.0. The number of nitrogens with one attached hydrogen (secondary N) is 1. The van der Waals surface area contributed by atoms with Gasteiger partial charge in [0.1, 0.15) is 11.9 Å². The van der Waals surface area contributed by atoms with E-state index < -0.39 is 0 Å². The molecule has 1 fully saturated rings. The van der Waals surface area contributed by atoms with Crippen molar-refractivity contribution >= 4 is 11.6 Å².